The molecule has 1 saturated carbocycles. The molecule has 124 valence electrons. The SMILES string of the molecule is CCC(C)c1ccccc1OCC(=O)NC(CN)C1CC1.Cl. The van der Waals surface area contributed by atoms with E-state index in [1.54, 1.807) is 0 Å². The van der Waals surface area contributed by atoms with Crippen molar-refractivity contribution in [3.8, 4) is 5.75 Å². The highest BCUT2D eigenvalue weighted by molar-refractivity contribution is 5.85. The first-order valence-electron chi connectivity index (χ1n) is 7.86. The van der Waals surface area contributed by atoms with Crippen molar-refractivity contribution in [2.24, 2.45) is 11.7 Å². The van der Waals surface area contributed by atoms with Crippen molar-refractivity contribution in [3.63, 3.8) is 0 Å². The van der Waals surface area contributed by atoms with Crippen LogP contribution in [0.3, 0.4) is 0 Å². The van der Waals surface area contributed by atoms with Crippen LogP contribution in [0.5, 0.6) is 5.75 Å². The average molecular weight is 327 g/mol. The second kappa shape index (κ2) is 9.01. The molecule has 0 aromatic heterocycles. The quantitative estimate of drug-likeness (QED) is 0.772. The molecule has 3 N–H and O–H groups in total. The molecule has 22 heavy (non-hydrogen) atoms. The largest absolute Gasteiger partial charge is 0.483 e. The Morgan fingerprint density at radius 3 is 2.68 bits per heavy atom. The number of rotatable bonds is 8. The van der Waals surface area contributed by atoms with Crippen LogP contribution in [0.4, 0.5) is 0 Å². The minimum atomic E-state index is -0.0868. The van der Waals surface area contributed by atoms with Crippen LogP contribution in [0, 0.1) is 5.92 Å². The van der Waals surface area contributed by atoms with Gasteiger partial charge >= 0.3 is 0 Å². The number of benzene rings is 1. The molecule has 0 saturated heterocycles. The van der Waals surface area contributed by atoms with Crippen LogP contribution in [-0.2, 0) is 4.79 Å². The Labute approximate surface area is 139 Å². The molecule has 0 radical (unpaired) electrons. The van der Waals surface area contributed by atoms with Gasteiger partial charge in [0.2, 0.25) is 0 Å². The molecule has 0 bridgehead atoms. The third-order valence-electron chi connectivity index (χ3n) is 4.21. The number of hydrogen-bond donors (Lipinski definition) is 2. The molecule has 0 spiro atoms. The molecule has 0 aliphatic heterocycles. The second-order valence-corrected chi connectivity index (χ2v) is 5.88. The molecule has 1 aliphatic rings. The van der Waals surface area contributed by atoms with Gasteiger partial charge in [0, 0.05) is 12.6 Å². The number of amides is 1. The summed E-state index contributed by atoms with van der Waals surface area (Å²) in [6.07, 6.45) is 3.38. The van der Waals surface area contributed by atoms with Crippen LogP contribution in [-0.4, -0.2) is 25.1 Å². The number of hydrogen-bond acceptors (Lipinski definition) is 3. The summed E-state index contributed by atoms with van der Waals surface area (Å²) in [4.78, 5) is 12.0. The van der Waals surface area contributed by atoms with Gasteiger partial charge in [0.25, 0.3) is 5.91 Å². The van der Waals surface area contributed by atoms with Crippen molar-refractivity contribution in [2.75, 3.05) is 13.2 Å². The Bertz CT molecular complexity index is 477. The molecule has 2 atom stereocenters. The number of nitrogens with two attached hydrogens (primary N) is 1. The highest BCUT2D eigenvalue weighted by Gasteiger charge is 2.31. The maximum absolute atomic E-state index is 12.0. The minimum Gasteiger partial charge on any atom is -0.483 e. The lowest BCUT2D eigenvalue weighted by molar-refractivity contribution is -0.123. The fourth-order valence-corrected chi connectivity index (χ4v) is 2.50. The molecule has 1 aliphatic carbocycles. The van der Waals surface area contributed by atoms with Gasteiger partial charge in [-0.05, 0) is 42.7 Å². The zero-order valence-corrected chi connectivity index (χ0v) is 14.2. The van der Waals surface area contributed by atoms with E-state index in [2.05, 4.69) is 25.2 Å². The summed E-state index contributed by atoms with van der Waals surface area (Å²) in [5.74, 6) is 1.70. The highest BCUT2D eigenvalue weighted by atomic mass is 35.5. The van der Waals surface area contributed by atoms with E-state index in [-0.39, 0.29) is 31.0 Å². The van der Waals surface area contributed by atoms with Gasteiger partial charge in [-0.3, -0.25) is 4.79 Å². The van der Waals surface area contributed by atoms with Crippen molar-refractivity contribution in [1.82, 2.24) is 5.32 Å². The molecule has 0 heterocycles. The lowest BCUT2D eigenvalue weighted by Gasteiger charge is -2.18. The maximum atomic E-state index is 12.0. The zero-order chi connectivity index (χ0) is 15.2. The summed E-state index contributed by atoms with van der Waals surface area (Å²) in [5.41, 5.74) is 6.85. The van der Waals surface area contributed by atoms with Gasteiger partial charge in [-0.2, -0.15) is 0 Å². The molecule has 1 fully saturated rings. The summed E-state index contributed by atoms with van der Waals surface area (Å²) >= 11 is 0. The number of carbonyl (C=O) groups is 1. The Balaban J connectivity index is 0.00000242. The zero-order valence-electron chi connectivity index (χ0n) is 13.4. The molecule has 2 rings (SSSR count). The third kappa shape index (κ3) is 5.18. The first-order valence-corrected chi connectivity index (χ1v) is 7.86. The highest BCUT2D eigenvalue weighted by Crippen LogP contribution is 2.32. The molecular weight excluding hydrogens is 300 g/mol. The van der Waals surface area contributed by atoms with E-state index in [0.29, 0.717) is 18.4 Å². The van der Waals surface area contributed by atoms with Crippen LogP contribution in [0.1, 0.15) is 44.6 Å². The van der Waals surface area contributed by atoms with Gasteiger partial charge in [0.1, 0.15) is 5.75 Å². The van der Waals surface area contributed by atoms with Crippen LogP contribution < -0.4 is 15.8 Å². The fraction of sp³-hybridized carbons (Fsp3) is 0.588. The topological polar surface area (TPSA) is 64.3 Å². The van der Waals surface area contributed by atoms with Gasteiger partial charge in [-0.25, -0.2) is 0 Å². The van der Waals surface area contributed by atoms with Crippen LogP contribution in [0.15, 0.2) is 24.3 Å². The number of halogens is 1. The van der Waals surface area contributed by atoms with E-state index in [0.717, 1.165) is 17.7 Å². The van der Waals surface area contributed by atoms with E-state index in [1.165, 1.54) is 12.8 Å². The predicted octanol–water partition coefficient (Wildman–Crippen LogP) is 2.85. The number of para-hydroxylation sites is 1. The van der Waals surface area contributed by atoms with E-state index in [4.69, 9.17) is 10.5 Å². The second-order valence-electron chi connectivity index (χ2n) is 5.88. The molecule has 1 aromatic rings. The van der Waals surface area contributed by atoms with Gasteiger partial charge in [0.05, 0.1) is 0 Å². The van der Waals surface area contributed by atoms with Crippen LogP contribution >= 0.6 is 12.4 Å². The first-order chi connectivity index (χ1) is 10.2. The van der Waals surface area contributed by atoms with E-state index in [9.17, 15) is 4.79 Å². The summed E-state index contributed by atoms with van der Waals surface area (Å²) in [7, 11) is 0. The van der Waals surface area contributed by atoms with E-state index < -0.39 is 0 Å². The summed E-state index contributed by atoms with van der Waals surface area (Å²) in [6, 6.07) is 8.04. The molecular formula is C17H27ClN2O2. The van der Waals surface area contributed by atoms with Crippen molar-refractivity contribution in [2.45, 2.75) is 45.1 Å². The average Bonchev–Trinajstić information content (AvgIpc) is 3.34. The van der Waals surface area contributed by atoms with E-state index >= 15 is 0 Å². The smallest absolute Gasteiger partial charge is 0.258 e. The van der Waals surface area contributed by atoms with Gasteiger partial charge < -0.3 is 15.8 Å². The standard InChI is InChI=1S/C17H26N2O2.ClH/c1-3-12(2)14-6-4-5-7-16(14)21-11-17(20)19-15(10-18)13-8-9-13;/h4-7,12-13,15H,3,8-11,18H2,1-2H3,(H,19,20);1H. The number of carbonyl (C=O) groups excluding carboxylic acids is 1. The van der Waals surface area contributed by atoms with Crippen molar-refractivity contribution < 1.29 is 9.53 Å². The Morgan fingerprint density at radius 2 is 2.09 bits per heavy atom. The summed E-state index contributed by atoms with van der Waals surface area (Å²) in [5, 5.41) is 2.97. The number of nitrogens with one attached hydrogen (secondary N) is 1. The summed E-state index contributed by atoms with van der Waals surface area (Å²) < 4.78 is 5.71. The predicted molar refractivity (Wildman–Crippen MR) is 91.6 cm³/mol. The van der Waals surface area contributed by atoms with Gasteiger partial charge in [-0.1, -0.05) is 32.0 Å². The fourth-order valence-electron chi connectivity index (χ4n) is 2.50. The van der Waals surface area contributed by atoms with Crippen molar-refractivity contribution >= 4 is 18.3 Å². The molecule has 1 aromatic carbocycles. The normalized spacial score (nSPS) is 16.3. The van der Waals surface area contributed by atoms with Gasteiger partial charge in [0.15, 0.2) is 6.61 Å². The Morgan fingerprint density at radius 1 is 1.41 bits per heavy atom. The van der Waals surface area contributed by atoms with Crippen LogP contribution in [0.25, 0.3) is 0 Å². The Hall–Kier alpha value is -1.26. The van der Waals surface area contributed by atoms with Gasteiger partial charge in [-0.15, -0.1) is 12.4 Å². The van der Waals surface area contributed by atoms with Crippen LogP contribution in [0.2, 0.25) is 0 Å². The lowest BCUT2D eigenvalue weighted by Crippen LogP contribution is -2.43. The molecule has 4 nitrogen and oxygen atoms in total. The van der Waals surface area contributed by atoms with Crippen molar-refractivity contribution in [3.05, 3.63) is 29.8 Å². The summed E-state index contributed by atoms with van der Waals surface area (Å²) in [6.45, 7) is 4.87. The molecule has 2 unspecified atom stereocenters. The van der Waals surface area contributed by atoms with E-state index in [1.807, 2.05) is 18.2 Å². The monoisotopic (exact) mass is 326 g/mol. The molecule has 1 amide bonds. The minimum absolute atomic E-state index is 0. The molecule has 5 heteroatoms. The Kier molecular flexibility index (Phi) is 7.69. The third-order valence-corrected chi connectivity index (χ3v) is 4.21. The number of ether oxygens (including phenoxy) is 1. The van der Waals surface area contributed by atoms with Crippen molar-refractivity contribution in [1.29, 1.82) is 0 Å². The maximum Gasteiger partial charge on any atom is 0.258 e. The first kappa shape index (κ1) is 18.8. The lowest BCUT2D eigenvalue weighted by atomic mass is 9.98.